The van der Waals surface area contributed by atoms with Crippen molar-refractivity contribution in [3.63, 3.8) is 0 Å². The van der Waals surface area contributed by atoms with Gasteiger partial charge in [0.2, 0.25) is 11.6 Å². The molecule has 2 aromatic carbocycles. The highest BCUT2D eigenvalue weighted by molar-refractivity contribution is 7.99. The molecule has 0 bridgehead atoms. The molecule has 0 heterocycles. The second-order valence-corrected chi connectivity index (χ2v) is 12.0. The van der Waals surface area contributed by atoms with Crippen molar-refractivity contribution in [2.45, 2.75) is 94.3 Å². The number of benzene rings is 2. The van der Waals surface area contributed by atoms with Crippen LogP contribution in [0.2, 0.25) is 0 Å². The summed E-state index contributed by atoms with van der Waals surface area (Å²) < 4.78 is 0. The van der Waals surface area contributed by atoms with Gasteiger partial charge in [-0.25, -0.2) is 9.59 Å². The van der Waals surface area contributed by atoms with Gasteiger partial charge in [-0.2, -0.15) is 0 Å². The van der Waals surface area contributed by atoms with Crippen molar-refractivity contribution in [1.82, 2.24) is 0 Å². The molecule has 0 saturated heterocycles. The Kier molecular flexibility index (Phi) is 11.6. The Morgan fingerprint density at radius 3 is 1.64 bits per heavy atom. The summed E-state index contributed by atoms with van der Waals surface area (Å²) >= 11 is 1.51. The molecule has 222 valence electrons. The first-order valence-corrected chi connectivity index (χ1v) is 15.7. The lowest BCUT2D eigenvalue weighted by Gasteiger charge is -2.10. The van der Waals surface area contributed by atoms with Crippen LogP contribution in [-0.2, 0) is 19.3 Å². The largest absolute Gasteiger partial charge is 0.334 e. The van der Waals surface area contributed by atoms with E-state index < -0.39 is 11.9 Å². The first kappa shape index (κ1) is 31.3. The van der Waals surface area contributed by atoms with Crippen molar-refractivity contribution < 1.29 is 28.9 Å². The van der Waals surface area contributed by atoms with Crippen LogP contribution in [-0.4, -0.2) is 34.9 Å². The second kappa shape index (κ2) is 15.6. The number of carbonyl (C=O) groups excluding carboxylic acids is 4. The highest BCUT2D eigenvalue weighted by atomic mass is 32.2. The lowest BCUT2D eigenvalue weighted by molar-refractivity contribution is -0.144. The van der Waals surface area contributed by atoms with Crippen LogP contribution < -0.4 is 0 Å². The predicted octanol–water partition coefficient (Wildman–Crippen LogP) is 7.59. The molecule has 2 fully saturated rings. The zero-order valence-corrected chi connectivity index (χ0v) is 25.1. The van der Waals surface area contributed by atoms with Gasteiger partial charge in [-0.1, -0.05) is 61.6 Å². The Balaban J connectivity index is 1.39. The van der Waals surface area contributed by atoms with E-state index in [0.717, 1.165) is 29.1 Å². The van der Waals surface area contributed by atoms with Gasteiger partial charge in [0, 0.05) is 33.8 Å². The van der Waals surface area contributed by atoms with E-state index >= 15 is 0 Å². The molecular formula is C33H38N2O6S. The molecule has 2 aromatic rings. The first-order chi connectivity index (χ1) is 20.4. The fraction of sp³-hybridized carbons (Fsp3) is 0.455. The molecule has 8 nitrogen and oxygen atoms in total. The van der Waals surface area contributed by atoms with E-state index in [1.54, 1.807) is 38.1 Å². The SMILES string of the molecule is CCC(=O)O/N=C(\CCC1CCCC1)C(=O)c1ccc(Sc2ccc(C(=O)/C(CC3CC3)=N/OC(=O)CC)cc2)cc1. The van der Waals surface area contributed by atoms with Gasteiger partial charge in [-0.15, -0.1) is 0 Å². The number of oxime groups is 2. The molecule has 0 unspecified atom stereocenters. The maximum absolute atomic E-state index is 13.3. The van der Waals surface area contributed by atoms with Crippen molar-refractivity contribution in [1.29, 1.82) is 0 Å². The maximum Gasteiger partial charge on any atom is 0.334 e. The van der Waals surface area contributed by atoms with Crippen LogP contribution in [0, 0.1) is 11.8 Å². The summed E-state index contributed by atoms with van der Waals surface area (Å²) in [5, 5.41) is 7.84. The van der Waals surface area contributed by atoms with E-state index in [4.69, 9.17) is 9.68 Å². The van der Waals surface area contributed by atoms with Crippen LogP contribution in [0.4, 0.5) is 0 Å². The highest BCUT2D eigenvalue weighted by Crippen LogP contribution is 2.34. The van der Waals surface area contributed by atoms with Gasteiger partial charge >= 0.3 is 11.9 Å². The standard InChI is InChI=1S/C33H38N2O6S/c1-3-30(36)40-34-28(20-11-22-7-5-6-8-22)32(38)24-12-16-26(17-13-24)42-27-18-14-25(15-19-27)33(39)29(21-23-9-10-23)35-41-31(37)4-2/h12-19,22-23H,3-11,20-21H2,1-2H3/b34-28+,35-29+. The lowest BCUT2D eigenvalue weighted by atomic mass is 9.96. The zero-order valence-electron chi connectivity index (χ0n) is 24.3. The van der Waals surface area contributed by atoms with Crippen molar-refractivity contribution in [3.8, 4) is 0 Å². The monoisotopic (exact) mass is 590 g/mol. The van der Waals surface area contributed by atoms with Gasteiger partial charge in [0.1, 0.15) is 11.4 Å². The van der Waals surface area contributed by atoms with Gasteiger partial charge in [-0.05, 0) is 92.5 Å². The fourth-order valence-corrected chi connectivity index (χ4v) is 5.58. The zero-order chi connectivity index (χ0) is 29.9. The molecule has 2 saturated carbocycles. The Bertz CT molecular complexity index is 1320. The third kappa shape index (κ3) is 9.48. The molecule has 0 N–H and O–H groups in total. The minimum absolute atomic E-state index is 0.193. The van der Waals surface area contributed by atoms with Crippen molar-refractivity contribution in [3.05, 3.63) is 59.7 Å². The molecule has 42 heavy (non-hydrogen) atoms. The quantitative estimate of drug-likeness (QED) is 0.0909. The third-order valence-electron chi connectivity index (χ3n) is 7.53. The van der Waals surface area contributed by atoms with Crippen LogP contribution in [0.1, 0.15) is 105 Å². The summed E-state index contributed by atoms with van der Waals surface area (Å²) in [7, 11) is 0. The number of hydrogen-bond acceptors (Lipinski definition) is 9. The number of Topliss-reactive ketones (excluding diaryl/α,β-unsaturated/α-hetero) is 2. The Hall–Kier alpha value is -3.59. The number of carbonyl (C=O) groups is 4. The van der Waals surface area contributed by atoms with Crippen LogP contribution >= 0.6 is 11.8 Å². The molecule has 4 rings (SSSR count). The third-order valence-corrected chi connectivity index (χ3v) is 8.54. The maximum atomic E-state index is 13.3. The Morgan fingerprint density at radius 2 is 1.17 bits per heavy atom. The Labute approximate surface area is 251 Å². The van der Waals surface area contributed by atoms with E-state index in [9.17, 15) is 19.2 Å². The number of nitrogens with zero attached hydrogens (tertiary/aromatic N) is 2. The van der Waals surface area contributed by atoms with E-state index in [0.29, 0.717) is 35.8 Å². The summed E-state index contributed by atoms with van der Waals surface area (Å²) in [6.45, 7) is 3.37. The van der Waals surface area contributed by atoms with Crippen LogP contribution in [0.25, 0.3) is 0 Å². The van der Waals surface area contributed by atoms with Crippen LogP contribution in [0.15, 0.2) is 68.6 Å². The number of ketones is 2. The lowest BCUT2D eigenvalue weighted by Crippen LogP contribution is -2.17. The van der Waals surface area contributed by atoms with Gasteiger partial charge in [-0.3, -0.25) is 9.59 Å². The molecule has 2 aliphatic carbocycles. The van der Waals surface area contributed by atoms with Crippen molar-refractivity contribution in [2.75, 3.05) is 0 Å². The predicted molar refractivity (Wildman–Crippen MR) is 162 cm³/mol. The van der Waals surface area contributed by atoms with E-state index in [1.165, 1.54) is 37.4 Å². The van der Waals surface area contributed by atoms with Gasteiger partial charge in [0.25, 0.3) is 0 Å². The van der Waals surface area contributed by atoms with Crippen LogP contribution in [0.5, 0.6) is 0 Å². The number of rotatable bonds is 15. The average molecular weight is 591 g/mol. The van der Waals surface area contributed by atoms with E-state index in [-0.39, 0.29) is 35.8 Å². The van der Waals surface area contributed by atoms with Crippen molar-refractivity contribution in [2.24, 2.45) is 22.1 Å². The number of hydrogen-bond donors (Lipinski definition) is 0. The molecule has 0 atom stereocenters. The molecule has 0 aromatic heterocycles. The van der Waals surface area contributed by atoms with Gasteiger partial charge < -0.3 is 9.68 Å². The minimum Gasteiger partial charge on any atom is -0.318 e. The summed E-state index contributed by atoms with van der Waals surface area (Å²) in [5.41, 5.74) is 1.53. The topological polar surface area (TPSA) is 111 Å². The van der Waals surface area contributed by atoms with E-state index in [1.807, 2.05) is 24.3 Å². The normalized spacial score (nSPS) is 15.9. The second-order valence-electron chi connectivity index (χ2n) is 10.9. The van der Waals surface area contributed by atoms with Gasteiger partial charge in [0.15, 0.2) is 0 Å². The molecule has 0 radical (unpaired) electrons. The van der Waals surface area contributed by atoms with Crippen LogP contribution in [0.3, 0.4) is 0 Å². The summed E-state index contributed by atoms with van der Waals surface area (Å²) in [4.78, 5) is 61.3. The smallest absolute Gasteiger partial charge is 0.318 e. The summed E-state index contributed by atoms with van der Waals surface area (Å²) in [6, 6.07) is 14.5. The van der Waals surface area contributed by atoms with Gasteiger partial charge in [0.05, 0.1) is 0 Å². The Morgan fingerprint density at radius 1 is 0.690 bits per heavy atom. The molecule has 0 aliphatic heterocycles. The molecule has 9 heteroatoms. The average Bonchev–Trinajstić information content (AvgIpc) is 3.69. The molecule has 2 aliphatic rings. The molecule has 0 spiro atoms. The minimum atomic E-state index is -0.469. The summed E-state index contributed by atoms with van der Waals surface area (Å²) in [5.74, 6) is -0.403. The van der Waals surface area contributed by atoms with Crippen molar-refractivity contribution >= 4 is 46.7 Å². The molecular weight excluding hydrogens is 552 g/mol. The highest BCUT2D eigenvalue weighted by Gasteiger charge is 2.28. The molecule has 0 amide bonds. The van der Waals surface area contributed by atoms with E-state index in [2.05, 4.69) is 10.3 Å². The fourth-order valence-electron chi connectivity index (χ4n) is 4.77. The summed E-state index contributed by atoms with van der Waals surface area (Å²) in [6.07, 6.45) is 9.11. The first-order valence-electron chi connectivity index (χ1n) is 14.9.